The van der Waals surface area contributed by atoms with Crippen molar-refractivity contribution in [1.29, 1.82) is 0 Å². The molecule has 0 aliphatic carbocycles. The zero-order chi connectivity index (χ0) is 25.5. The van der Waals surface area contributed by atoms with Gasteiger partial charge in [0, 0.05) is 17.2 Å². The van der Waals surface area contributed by atoms with Crippen molar-refractivity contribution < 1.29 is 23.5 Å². The van der Waals surface area contributed by atoms with Crippen molar-refractivity contribution in [1.82, 2.24) is 25.8 Å². The lowest BCUT2D eigenvalue weighted by atomic mass is 10.0. The van der Waals surface area contributed by atoms with E-state index in [1.807, 2.05) is 52.0 Å². The molecule has 186 valence electrons. The van der Waals surface area contributed by atoms with E-state index in [1.165, 1.54) is 13.3 Å². The van der Waals surface area contributed by atoms with Gasteiger partial charge in [-0.15, -0.1) is 0 Å². The molecular weight excluding hydrogens is 450 g/mol. The van der Waals surface area contributed by atoms with Crippen molar-refractivity contribution in [2.75, 3.05) is 7.11 Å². The number of ether oxygens (including phenoxy) is 1. The Labute approximate surface area is 203 Å². The van der Waals surface area contributed by atoms with E-state index in [0.717, 1.165) is 18.4 Å². The minimum Gasteiger partial charge on any atom is -0.467 e. The number of amides is 2. The zero-order valence-corrected chi connectivity index (χ0v) is 20.5. The number of carbonyl (C=O) groups is 3. The number of hydrogen-bond donors (Lipinski definition) is 3. The summed E-state index contributed by atoms with van der Waals surface area (Å²) in [6, 6.07) is 8.17. The van der Waals surface area contributed by atoms with E-state index in [-0.39, 0.29) is 29.3 Å². The van der Waals surface area contributed by atoms with Crippen molar-refractivity contribution >= 4 is 17.8 Å². The van der Waals surface area contributed by atoms with Gasteiger partial charge in [-0.25, -0.2) is 9.78 Å². The predicted octanol–water partition coefficient (Wildman–Crippen LogP) is 3.58. The Balaban J connectivity index is 1.76. The number of oxazole rings is 1. The first-order chi connectivity index (χ1) is 16.8. The van der Waals surface area contributed by atoms with E-state index in [0.29, 0.717) is 17.1 Å². The monoisotopic (exact) mass is 481 g/mol. The quantitative estimate of drug-likeness (QED) is 0.376. The summed E-state index contributed by atoms with van der Waals surface area (Å²) in [7, 11) is 1.28. The second-order valence-corrected chi connectivity index (χ2v) is 8.48. The third-order valence-corrected chi connectivity index (χ3v) is 5.69. The molecular formula is C25H31N5O5. The number of nitrogens with zero attached hydrogens (tertiary/aromatic N) is 2. The fourth-order valence-electron chi connectivity index (χ4n) is 3.51. The van der Waals surface area contributed by atoms with E-state index in [1.54, 1.807) is 6.07 Å². The van der Waals surface area contributed by atoms with Crippen molar-refractivity contribution in [2.24, 2.45) is 5.92 Å². The highest BCUT2D eigenvalue weighted by atomic mass is 16.5. The van der Waals surface area contributed by atoms with Crippen molar-refractivity contribution in [2.45, 2.75) is 52.6 Å². The summed E-state index contributed by atoms with van der Waals surface area (Å²) < 4.78 is 10.5. The van der Waals surface area contributed by atoms with Crippen LogP contribution in [0.25, 0.3) is 22.7 Å². The maximum absolute atomic E-state index is 12.6. The average Bonchev–Trinajstić information content (AvgIpc) is 3.55. The number of H-pyrrole nitrogens is 1. The number of rotatable bonds is 10. The molecule has 3 aromatic rings. The summed E-state index contributed by atoms with van der Waals surface area (Å²) in [5.74, 6) is -1.02. The minimum atomic E-state index is -0.780. The van der Waals surface area contributed by atoms with Gasteiger partial charge in [0.25, 0.3) is 11.8 Å². The third-order valence-electron chi connectivity index (χ3n) is 5.69. The van der Waals surface area contributed by atoms with Crippen LogP contribution in [-0.4, -0.2) is 52.2 Å². The van der Waals surface area contributed by atoms with E-state index >= 15 is 0 Å². The van der Waals surface area contributed by atoms with Gasteiger partial charge in [-0.3, -0.25) is 14.7 Å². The minimum absolute atomic E-state index is 0.0783. The van der Waals surface area contributed by atoms with Gasteiger partial charge >= 0.3 is 5.97 Å². The third kappa shape index (κ3) is 6.14. The molecule has 0 aliphatic rings. The van der Waals surface area contributed by atoms with Crippen molar-refractivity contribution in [3.8, 4) is 22.7 Å². The lowest BCUT2D eigenvalue weighted by Crippen LogP contribution is -2.45. The molecule has 0 saturated heterocycles. The molecule has 3 N–H and O–H groups in total. The molecule has 35 heavy (non-hydrogen) atoms. The van der Waals surface area contributed by atoms with Gasteiger partial charge in [-0.2, -0.15) is 5.10 Å². The maximum atomic E-state index is 12.6. The first kappa shape index (κ1) is 25.7. The molecule has 0 aliphatic heterocycles. The van der Waals surface area contributed by atoms with Gasteiger partial charge in [-0.1, -0.05) is 39.8 Å². The second kappa shape index (κ2) is 11.5. The number of esters is 1. The number of methoxy groups -OCH3 is 1. The highest BCUT2D eigenvalue weighted by Crippen LogP contribution is 2.26. The maximum Gasteiger partial charge on any atom is 0.328 e. The van der Waals surface area contributed by atoms with E-state index in [9.17, 15) is 14.4 Å². The van der Waals surface area contributed by atoms with E-state index in [2.05, 4.69) is 25.8 Å². The van der Waals surface area contributed by atoms with Crippen LogP contribution in [0.15, 0.2) is 40.9 Å². The second-order valence-electron chi connectivity index (χ2n) is 8.48. The Hall–Kier alpha value is -3.95. The Bertz CT molecular complexity index is 1180. The molecule has 1 aromatic carbocycles. The molecule has 0 saturated carbocycles. The number of carbonyl (C=O) groups excluding carboxylic acids is 3. The standard InChI is InChI=1S/C25H31N5O5/c1-6-17(7-2)27-23(32)20-13-26-24(35-20)16-10-8-9-15(11-16)18-12-19(30-29-18)22(31)28-21(14(3)4)25(33)34-5/h8-14,17,21H,6-7H2,1-5H3,(H,27,32)(H,28,31)(H,29,30)/t21-/m0/s1. The van der Waals surface area contributed by atoms with Gasteiger partial charge in [0.05, 0.1) is 19.0 Å². The zero-order valence-electron chi connectivity index (χ0n) is 20.5. The fourth-order valence-corrected chi connectivity index (χ4v) is 3.51. The highest BCUT2D eigenvalue weighted by Gasteiger charge is 2.26. The molecule has 2 heterocycles. The molecule has 10 nitrogen and oxygen atoms in total. The molecule has 2 aromatic heterocycles. The predicted molar refractivity (Wildman–Crippen MR) is 129 cm³/mol. The SMILES string of the molecule is CCC(CC)NC(=O)c1cnc(-c2cccc(-c3cc(C(=O)N[C@H](C(=O)OC)C(C)C)n[nH]3)c2)o1. The average molecular weight is 482 g/mol. The van der Waals surface area contributed by atoms with Crippen LogP contribution >= 0.6 is 0 Å². The number of aromatic nitrogens is 3. The van der Waals surface area contributed by atoms with Crippen LogP contribution in [0.2, 0.25) is 0 Å². The number of aromatic amines is 1. The van der Waals surface area contributed by atoms with Gasteiger partial charge < -0.3 is 19.8 Å². The van der Waals surface area contributed by atoms with Crippen LogP contribution in [0.4, 0.5) is 0 Å². The summed E-state index contributed by atoms with van der Waals surface area (Å²) >= 11 is 0. The molecule has 0 fully saturated rings. The van der Waals surface area contributed by atoms with Crippen LogP contribution in [0.1, 0.15) is 61.6 Å². The molecule has 0 radical (unpaired) electrons. The summed E-state index contributed by atoms with van der Waals surface area (Å²) in [6.07, 6.45) is 3.07. The van der Waals surface area contributed by atoms with E-state index < -0.39 is 17.9 Å². The summed E-state index contributed by atoms with van der Waals surface area (Å²) in [4.78, 5) is 41.3. The first-order valence-corrected chi connectivity index (χ1v) is 11.6. The summed E-state index contributed by atoms with van der Waals surface area (Å²) in [5.41, 5.74) is 2.13. The molecule has 3 rings (SSSR count). The largest absolute Gasteiger partial charge is 0.467 e. The van der Waals surface area contributed by atoms with Crippen LogP contribution in [0.5, 0.6) is 0 Å². The van der Waals surface area contributed by atoms with Gasteiger partial charge in [0.2, 0.25) is 11.7 Å². The van der Waals surface area contributed by atoms with Crippen LogP contribution in [0.3, 0.4) is 0 Å². The Morgan fingerprint density at radius 3 is 2.43 bits per heavy atom. The van der Waals surface area contributed by atoms with Crippen LogP contribution < -0.4 is 10.6 Å². The summed E-state index contributed by atoms with van der Waals surface area (Å²) in [5, 5.41) is 12.5. The number of nitrogens with one attached hydrogen (secondary N) is 3. The molecule has 0 unspecified atom stereocenters. The van der Waals surface area contributed by atoms with Crippen molar-refractivity contribution in [3.05, 3.63) is 48.0 Å². The normalized spacial score (nSPS) is 12.0. The fraction of sp³-hybridized carbons (Fsp3) is 0.400. The molecule has 1 atom stereocenters. The smallest absolute Gasteiger partial charge is 0.328 e. The Morgan fingerprint density at radius 2 is 1.77 bits per heavy atom. The molecule has 2 amide bonds. The topological polar surface area (TPSA) is 139 Å². The van der Waals surface area contributed by atoms with Gasteiger partial charge in [0.1, 0.15) is 6.04 Å². The molecule has 0 spiro atoms. The highest BCUT2D eigenvalue weighted by molar-refractivity contribution is 5.96. The van der Waals surface area contributed by atoms with Gasteiger partial charge in [-0.05, 0) is 37.0 Å². The van der Waals surface area contributed by atoms with E-state index in [4.69, 9.17) is 9.15 Å². The van der Waals surface area contributed by atoms with Gasteiger partial charge in [0.15, 0.2) is 5.69 Å². The van der Waals surface area contributed by atoms with Crippen LogP contribution in [-0.2, 0) is 9.53 Å². The number of hydrogen-bond acceptors (Lipinski definition) is 7. The first-order valence-electron chi connectivity index (χ1n) is 11.6. The summed E-state index contributed by atoms with van der Waals surface area (Å²) in [6.45, 7) is 7.65. The number of benzene rings is 1. The molecule has 0 bridgehead atoms. The Kier molecular flexibility index (Phi) is 8.40. The van der Waals surface area contributed by atoms with Crippen molar-refractivity contribution in [3.63, 3.8) is 0 Å². The Morgan fingerprint density at radius 1 is 1.06 bits per heavy atom. The lowest BCUT2D eigenvalue weighted by molar-refractivity contribution is -0.144. The lowest BCUT2D eigenvalue weighted by Gasteiger charge is -2.18. The molecule has 10 heteroatoms. The van der Waals surface area contributed by atoms with Crippen LogP contribution in [0, 0.1) is 5.92 Å².